The van der Waals surface area contributed by atoms with Gasteiger partial charge in [-0.25, -0.2) is 0 Å². The van der Waals surface area contributed by atoms with E-state index < -0.39 is 12.6 Å². The summed E-state index contributed by atoms with van der Waals surface area (Å²) in [4.78, 5) is 3.98. The molecule has 6 heteroatoms. The molecule has 17 heavy (non-hydrogen) atoms. The van der Waals surface area contributed by atoms with E-state index in [0.29, 0.717) is 5.17 Å². The second-order valence-corrected chi connectivity index (χ2v) is 6.34. The summed E-state index contributed by atoms with van der Waals surface area (Å²) in [5, 5.41) is 3.88. The molecule has 1 rings (SSSR count). The molecule has 0 radical (unpaired) electrons. The number of hydrogen-bond acceptors (Lipinski definition) is 2. The molecule has 1 unspecified atom stereocenters. The van der Waals surface area contributed by atoms with Crippen molar-refractivity contribution in [1.29, 1.82) is 0 Å². The van der Waals surface area contributed by atoms with Gasteiger partial charge in [0.1, 0.15) is 0 Å². The SMILES string of the molecule is CC(C)(C)C1CCSC(=NCCC(F)(F)F)N1. The fourth-order valence-electron chi connectivity index (χ4n) is 1.56. The number of amidine groups is 1. The molecular formula is C11H19F3N2S. The van der Waals surface area contributed by atoms with Crippen LogP contribution < -0.4 is 5.32 Å². The van der Waals surface area contributed by atoms with Crippen molar-refractivity contribution in [1.82, 2.24) is 5.32 Å². The first-order chi connectivity index (χ1) is 7.68. The number of nitrogens with zero attached hydrogens (tertiary/aromatic N) is 1. The number of hydrogen-bond donors (Lipinski definition) is 1. The van der Waals surface area contributed by atoms with E-state index in [2.05, 4.69) is 31.1 Å². The minimum Gasteiger partial charge on any atom is -0.362 e. The van der Waals surface area contributed by atoms with Gasteiger partial charge in [0.15, 0.2) is 5.17 Å². The number of halogens is 3. The van der Waals surface area contributed by atoms with Gasteiger partial charge in [0.05, 0.1) is 13.0 Å². The van der Waals surface area contributed by atoms with Crippen molar-refractivity contribution >= 4 is 16.9 Å². The van der Waals surface area contributed by atoms with Gasteiger partial charge in [-0.05, 0) is 11.8 Å². The molecule has 1 atom stereocenters. The molecule has 1 heterocycles. The van der Waals surface area contributed by atoms with Crippen molar-refractivity contribution in [2.45, 2.75) is 45.8 Å². The maximum absolute atomic E-state index is 12.0. The number of thioether (sulfide) groups is 1. The maximum Gasteiger partial charge on any atom is 0.390 e. The Labute approximate surface area is 104 Å². The molecule has 0 aromatic carbocycles. The van der Waals surface area contributed by atoms with Crippen LogP contribution in [0.3, 0.4) is 0 Å². The number of nitrogens with one attached hydrogen (secondary N) is 1. The van der Waals surface area contributed by atoms with Crippen LogP contribution in [-0.2, 0) is 0 Å². The van der Waals surface area contributed by atoms with Crippen molar-refractivity contribution in [3.05, 3.63) is 0 Å². The third-order valence-electron chi connectivity index (χ3n) is 2.64. The third-order valence-corrected chi connectivity index (χ3v) is 3.60. The lowest BCUT2D eigenvalue weighted by Crippen LogP contribution is -2.46. The van der Waals surface area contributed by atoms with Gasteiger partial charge < -0.3 is 5.32 Å². The highest BCUT2D eigenvalue weighted by atomic mass is 32.2. The Kier molecular flexibility index (Phi) is 4.75. The lowest BCUT2D eigenvalue weighted by molar-refractivity contribution is -0.132. The minimum atomic E-state index is -4.12. The molecule has 100 valence electrons. The Morgan fingerprint density at radius 1 is 1.35 bits per heavy atom. The number of rotatable bonds is 2. The van der Waals surface area contributed by atoms with Crippen molar-refractivity contribution in [2.24, 2.45) is 10.4 Å². The van der Waals surface area contributed by atoms with Crippen LogP contribution in [0, 0.1) is 5.41 Å². The van der Waals surface area contributed by atoms with E-state index in [0.717, 1.165) is 12.2 Å². The van der Waals surface area contributed by atoms with Gasteiger partial charge in [0.25, 0.3) is 0 Å². The topological polar surface area (TPSA) is 24.4 Å². The molecule has 1 fully saturated rings. The first kappa shape index (κ1) is 14.7. The molecule has 0 aromatic rings. The average molecular weight is 268 g/mol. The molecule has 1 aliphatic heterocycles. The zero-order valence-corrected chi connectivity index (χ0v) is 11.2. The monoisotopic (exact) mass is 268 g/mol. The molecule has 0 spiro atoms. The van der Waals surface area contributed by atoms with Crippen LogP contribution >= 0.6 is 11.8 Å². The summed E-state index contributed by atoms with van der Waals surface area (Å²) in [5.74, 6) is 0.916. The summed E-state index contributed by atoms with van der Waals surface area (Å²) >= 11 is 1.51. The molecule has 1 aliphatic rings. The van der Waals surface area contributed by atoms with Crippen LogP contribution in [0.2, 0.25) is 0 Å². The zero-order chi connectivity index (χ0) is 13.1. The lowest BCUT2D eigenvalue weighted by atomic mass is 9.85. The van der Waals surface area contributed by atoms with E-state index in [4.69, 9.17) is 0 Å². The Bertz CT molecular complexity index is 281. The molecule has 1 saturated heterocycles. The van der Waals surface area contributed by atoms with Crippen LogP contribution in [0.5, 0.6) is 0 Å². The number of alkyl halides is 3. The van der Waals surface area contributed by atoms with Gasteiger partial charge in [0, 0.05) is 11.8 Å². The maximum atomic E-state index is 12.0. The Hall–Kier alpha value is -0.390. The molecule has 0 amide bonds. The van der Waals surface area contributed by atoms with Gasteiger partial charge in [-0.15, -0.1) is 0 Å². The number of aliphatic imine (C=N–C) groups is 1. The molecule has 2 nitrogen and oxygen atoms in total. The summed E-state index contributed by atoms with van der Waals surface area (Å²) in [6.07, 6.45) is -3.95. The normalized spacial score (nSPS) is 24.8. The largest absolute Gasteiger partial charge is 0.390 e. The van der Waals surface area contributed by atoms with Crippen LogP contribution in [0.4, 0.5) is 13.2 Å². The Balaban J connectivity index is 2.47. The molecule has 0 aromatic heterocycles. The highest BCUT2D eigenvalue weighted by molar-refractivity contribution is 8.13. The zero-order valence-electron chi connectivity index (χ0n) is 10.4. The molecule has 0 aliphatic carbocycles. The predicted octanol–water partition coefficient (Wildman–Crippen LogP) is 3.44. The van der Waals surface area contributed by atoms with Crippen molar-refractivity contribution < 1.29 is 13.2 Å². The van der Waals surface area contributed by atoms with E-state index in [9.17, 15) is 13.2 Å². The van der Waals surface area contributed by atoms with Crippen LogP contribution in [0.1, 0.15) is 33.6 Å². The Morgan fingerprint density at radius 2 is 2.00 bits per heavy atom. The van der Waals surface area contributed by atoms with Gasteiger partial charge >= 0.3 is 6.18 Å². The fraction of sp³-hybridized carbons (Fsp3) is 0.909. The Morgan fingerprint density at radius 3 is 2.53 bits per heavy atom. The second kappa shape index (κ2) is 5.50. The summed E-state index contributed by atoms with van der Waals surface area (Å²) in [6.45, 7) is 6.17. The van der Waals surface area contributed by atoms with E-state index in [1.807, 2.05) is 0 Å². The van der Waals surface area contributed by atoms with E-state index in [1.54, 1.807) is 0 Å². The van der Waals surface area contributed by atoms with Crippen LogP contribution in [-0.4, -0.2) is 29.7 Å². The quantitative estimate of drug-likeness (QED) is 0.829. The first-order valence-corrected chi connectivity index (χ1v) is 6.67. The van der Waals surface area contributed by atoms with Crippen molar-refractivity contribution in [3.8, 4) is 0 Å². The van der Waals surface area contributed by atoms with Crippen molar-refractivity contribution in [3.63, 3.8) is 0 Å². The third kappa shape index (κ3) is 5.66. The predicted molar refractivity (Wildman–Crippen MR) is 66.4 cm³/mol. The first-order valence-electron chi connectivity index (χ1n) is 5.69. The summed E-state index contributed by atoms with van der Waals surface area (Å²) < 4.78 is 35.9. The van der Waals surface area contributed by atoms with Crippen LogP contribution in [0.15, 0.2) is 4.99 Å². The van der Waals surface area contributed by atoms with Gasteiger partial charge in [-0.3, -0.25) is 4.99 Å². The molecule has 0 bridgehead atoms. The van der Waals surface area contributed by atoms with Gasteiger partial charge in [-0.2, -0.15) is 13.2 Å². The second-order valence-electron chi connectivity index (χ2n) is 5.25. The van der Waals surface area contributed by atoms with E-state index >= 15 is 0 Å². The van der Waals surface area contributed by atoms with Crippen LogP contribution in [0.25, 0.3) is 0 Å². The minimum absolute atomic E-state index is 0.103. The van der Waals surface area contributed by atoms with Gasteiger partial charge in [0.2, 0.25) is 0 Å². The van der Waals surface area contributed by atoms with Crippen molar-refractivity contribution in [2.75, 3.05) is 12.3 Å². The summed E-state index contributed by atoms with van der Waals surface area (Å²) in [7, 11) is 0. The standard InChI is InChI=1S/C11H19F3N2S/c1-10(2,3)8-4-7-17-9(16-8)15-6-5-11(12,13)14/h8H,4-7H2,1-3H3,(H,15,16). The molecule has 1 N–H and O–H groups in total. The lowest BCUT2D eigenvalue weighted by Gasteiger charge is -2.35. The van der Waals surface area contributed by atoms with E-state index in [1.165, 1.54) is 11.8 Å². The van der Waals surface area contributed by atoms with E-state index in [-0.39, 0.29) is 18.0 Å². The fourth-order valence-corrected chi connectivity index (χ4v) is 2.52. The molecular weight excluding hydrogens is 249 g/mol. The summed E-state index contributed by atoms with van der Waals surface area (Å²) in [6, 6.07) is 0.286. The van der Waals surface area contributed by atoms with Gasteiger partial charge in [-0.1, -0.05) is 32.5 Å². The summed E-state index contributed by atoms with van der Waals surface area (Å²) in [5.41, 5.74) is 0.103. The molecule has 0 saturated carbocycles. The highest BCUT2D eigenvalue weighted by Crippen LogP contribution is 2.27. The smallest absolute Gasteiger partial charge is 0.362 e. The highest BCUT2D eigenvalue weighted by Gasteiger charge is 2.29. The average Bonchev–Trinajstić information content (AvgIpc) is 2.15.